The van der Waals surface area contributed by atoms with Crippen LogP contribution in [-0.4, -0.2) is 21.0 Å². The number of carbonyl (C=O) groups is 1. The van der Waals surface area contributed by atoms with E-state index >= 15 is 0 Å². The lowest BCUT2D eigenvalue weighted by Gasteiger charge is -2.15. The van der Waals surface area contributed by atoms with E-state index in [-0.39, 0.29) is 5.97 Å². The van der Waals surface area contributed by atoms with Crippen LogP contribution in [0, 0.1) is 12.3 Å². The van der Waals surface area contributed by atoms with Crippen LogP contribution in [0.3, 0.4) is 0 Å². The number of carbonyl (C=O) groups excluding carboxylic acids is 1. The van der Waals surface area contributed by atoms with Crippen molar-refractivity contribution in [1.29, 1.82) is 0 Å². The summed E-state index contributed by atoms with van der Waals surface area (Å²) in [7, 11) is -1.43. The lowest BCUT2D eigenvalue weighted by atomic mass is 10.1. The van der Waals surface area contributed by atoms with Gasteiger partial charge in [-0.3, -0.25) is 9.00 Å². The van der Waals surface area contributed by atoms with Gasteiger partial charge >= 0.3 is 5.97 Å². The Hall–Kier alpha value is -0.870. The summed E-state index contributed by atoms with van der Waals surface area (Å²) in [6.07, 6.45) is 0.376. The molecule has 1 aromatic carbocycles. The molecule has 0 radical (unpaired) electrons. The van der Waals surface area contributed by atoms with Crippen LogP contribution < -0.4 is 0 Å². The third-order valence-electron chi connectivity index (χ3n) is 3.53. The van der Waals surface area contributed by atoms with Crippen molar-refractivity contribution in [2.45, 2.75) is 36.3 Å². The molecule has 1 saturated carbocycles. The summed E-state index contributed by atoms with van der Waals surface area (Å²) in [5.74, 6) is -0.370. The van der Waals surface area contributed by atoms with Crippen molar-refractivity contribution in [2.75, 3.05) is 6.61 Å². The predicted molar refractivity (Wildman–Crippen MR) is 75.5 cm³/mol. The summed E-state index contributed by atoms with van der Waals surface area (Å²) in [5, 5.41) is 0. The van der Waals surface area contributed by atoms with E-state index in [0.717, 1.165) is 5.56 Å². The maximum atomic E-state index is 12.5. The van der Waals surface area contributed by atoms with E-state index in [2.05, 4.69) is 0 Å². The highest BCUT2D eigenvalue weighted by atomic mass is 35.5. The van der Waals surface area contributed by atoms with Gasteiger partial charge in [0.25, 0.3) is 0 Å². The van der Waals surface area contributed by atoms with Crippen LogP contribution in [0.5, 0.6) is 0 Å². The molecule has 0 N–H and O–H groups in total. The van der Waals surface area contributed by atoms with Gasteiger partial charge in [0.2, 0.25) is 0 Å². The molecule has 0 bridgehead atoms. The van der Waals surface area contributed by atoms with Gasteiger partial charge in [-0.1, -0.05) is 17.7 Å². The third-order valence-corrected chi connectivity index (χ3v) is 6.39. The largest absolute Gasteiger partial charge is 0.465 e. The zero-order valence-corrected chi connectivity index (χ0v) is 12.8. The predicted octanol–water partition coefficient (Wildman–Crippen LogP) is 3.01. The third kappa shape index (κ3) is 2.32. The van der Waals surface area contributed by atoms with Crippen molar-refractivity contribution >= 4 is 28.4 Å². The number of aryl methyl sites for hydroxylation is 1. The smallest absolute Gasteiger partial charge is 0.314 e. The highest BCUT2D eigenvalue weighted by molar-refractivity contribution is 7.88. The second kappa shape index (κ2) is 4.91. The molecule has 1 fully saturated rings. The van der Waals surface area contributed by atoms with Crippen molar-refractivity contribution in [1.82, 2.24) is 0 Å². The summed E-state index contributed by atoms with van der Waals surface area (Å²) in [6, 6.07) is 7.36. The standard InChI is InChI=1S/C14H17ClO3S/c1-4-18-12(16)13(3)9-14(13,15)19(17)11-7-5-10(2)6-8-11/h5-8H,4,9H2,1-3H3/t13-,14-,19?/m1/s1. The molecule has 0 aromatic heterocycles. The minimum atomic E-state index is -1.43. The minimum absolute atomic E-state index is 0.304. The van der Waals surface area contributed by atoms with E-state index in [9.17, 15) is 9.00 Å². The van der Waals surface area contributed by atoms with Crippen LogP contribution in [0.1, 0.15) is 25.8 Å². The Morgan fingerprint density at radius 1 is 1.42 bits per heavy atom. The Kier molecular flexibility index (Phi) is 3.76. The first-order chi connectivity index (χ1) is 8.85. The topological polar surface area (TPSA) is 43.4 Å². The van der Waals surface area contributed by atoms with E-state index < -0.39 is 20.4 Å². The molecule has 5 heteroatoms. The maximum absolute atomic E-state index is 12.5. The fraction of sp³-hybridized carbons (Fsp3) is 0.500. The maximum Gasteiger partial charge on any atom is 0.314 e. The van der Waals surface area contributed by atoms with Crippen molar-refractivity contribution in [2.24, 2.45) is 5.41 Å². The van der Waals surface area contributed by atoms with Crippen molar-refractivity contribution in [3.05, 3.63) is 29.8 Å². The van der Waals surface area contributed by atoms with Gasteiger partial charge in [0, 0.05) is 4.90 Å². The molecule has 0 heterocycles. The summed E-state index contributed by atoms with van der Waals surface area (Å²) >= 11 is 6.41. The lowest BCUT2D eigenvalue weighted by Crippen LogP contribution is -2.27. The van der Waals surface area contributed by atoms with Gasteiger partial charge in [0.1, 0.15) is 4.21 Å². The molecular formula is C14H17ClO3S. The van der Waals surface area contributed by atoms with Gasteiger partial charge in [-0.15, -0.1) is 11.6 Å². The molecule has 1 aromatic rings. The van der Waals surface area contributed by atoms with Gasteiger partial charge in [-0.25, -0.2) is 0 Å². The zero-order valence-electron chi connectivity index (χ0n) is 11.2. The Morgan fingerprint density at radius 2 is 2.00 bits per heavy atom. The summed E-state index contributed by atoms with van der Waals surface area (Å²) < 4.78 is 16.5. The molecule has 1 aliphatic carbocycles. The number of alkyl halides is 1. The Morgan fingerprint density at radius 3 is 2.53 bits per heavy atom. The van der Waals surface area contributed by atoms with Crippen LogP contribution in [0.15, 0.2) is 29.2 Å². The summed E-state index contributed by atoms with van der Waals surface area (Å²) in [4.78, 5) is 12.5. The number of halogens is 1. The molecule has 1 aliphatic rings. The number of hydrogen-bond donors (Lipinski definition) is 0. The fourth-order valence-corrected chi connectivity index (χ4v) is 4.33. The normalized spacial score (nSPS) is 30.7. The van der Waals surface area contributed by atoms with Crippen LogP contribution in [0.25, 0.3) is 0 Å². The fourth-order valence-electron chi connectivity index (χ4n) is 2.04. The monoisotopic (exact) mass is 300 g/mol. The van der Waals surface area contributed by atoms with Crippen LogP contribution in [-0.2, 0) is 20.3 Å². The van der Waals surface area contributed by atoms with E-state index in [1.807, 2.05) is 19.1 Å². The van der Waals surface area contributed by atoms with Gasteiger partial charge in [0.05, 0.1) is 22.8 Å². The second-order valence-corrected chi connectivity index (χ2v) is 7.61. The van der Waals surface area contributed by atoms with Gasteiger partial charge in [0.15, 0.2) is 0 Å². The van der Waals surface area contributed by atoms with Gasteiger partial charge in [-0.05, 0) is 39.3 Å². The zero-order chi connectivity index (χ0) is 14.3. The molecule has 0 saturated heterocycles. The molecule has 3 atom stereocenters. The average Bonchev–Trinajstić information content (AvgIpc) is 2.95. The number of benzene rings is 1. The Balaban J connectivity index is 2.21. The second-order valence-electron chi connectivity index (χ2n) is 5.04. The Labute approximate surface area is 120 Å². The molecule has 0 amide bonds. The number of rotatable bonds is 4. The summed E-state index contributed by atoms with van der Waals surface area (Å²) in [5.41, 5.74) is 0.230. The van der Waals surface area contributed by atoms with E-state index in [1.54, 1.807) is 26.0 Å². The lowest BCUT2D eigenvalue weighted by molar-refractivity contribution is -0.149. The van der Waals surface area contributed by atoms with Crippen molar-refractivity contribution < 1.29 is 13.7 Å². The van der Waals surface area contributed by atoms with Crippen molar-refractivity contribution in [3.63, 3.8) is 0 Å². The SMILES string of the molecule is CCOC(=O)[C@@]1(C)C[C@@]1(Cl)S(=O)c1ccc(C)cc1. The average molecular weight is 301 g/mol. The first-order valence-electron chi connectivity index (χ1n) is 6.20. The minimum Gasteiger partial charge on any atom is -0.465 e. The molecule has 1 unspecified atom stereocenters. The molecule has 19 heavy (non-hydrogen) atoms. The van der Waals surface area contributed by atoms with E-state index in [1.165, 1.54) is 0 Å². The number of esters is 1. The molecule has 3 nitrogen and oxygen atoms in total. The first-order valence-corrected chi connectivity index (χ1v) is 7.72. The van der Waals surface area contributed by atoms with E-state index in [0.29, 0.717) is 17.9 Å². The molecule has 0 aliphatic heterocycles. The first kappa shape index (κ1) is 14.5. The number of hydrogen-bond acceptors (Lipinski definition) is 3. The highest BCUT2D eigenvalue weighted by Gasteiger charge is 2.73. The quantitative estimate of drug-likeness (QED) is 0.634. The summed E-state index contributed by atoms with van der Waals surface area (Å²) in [6.45, 7) is 5.72. The number of ether oxygens (including phenoxy) is 1. The van der Waals surface area contributed by atoms with Crippen LogP contribution >= 0.6 is 11.6 Å². The molecule has 0 spiro atoms. The van der Waals surface area contributed by atoms with Gasteiger partial charge < -0.3 is 4.74 Å². The molecule has 2 rings (SSSR count). The van der Waals surface area contributed by atoms with E-state index in [4.69, 9.17) is 16.3 Å². The van der Waals surface area contributed by atoms with Gasteiger partial charge in [-0.2, -0.15) is 0 Å². The van der Waals surface area contributed by atoms with Crippen molar-refractivity contribution in [3.8, 4) is 0 Å². The molecular weight excluding hydrogens is 284 g/mol. The van der Waals surface area contributed by atoms with Crippen LogP contribution in [0.4, 0.5) is 0 Å². The Bertz CT molecular complexity index is 528. The van der Waals surface area contributed by atoms with Crippen LogP contribution in [0.2, 0.25) is 0 Å². The highest BCUT2D eigenvalue weighted by Crippen LogP contribution is 2.64. The molecule has 104 valence electrons.